The third kappa shape index (κ3) is 2.46. The number of nitro groups is 1. The molecule has 15 heavy (non-hydrogen) atoms. The van der Waals surface area contributed by atoms with Crippen molar-refractivity contribution in [1.82, 2.24) is 0 Å². The van der Waals surface area contributed by atoms with Gasteiger partial charge in [-0.15, -0.1) is 0 Å². The summed E-state index contributed by atoms with van der Waals surface area (Å²) >= 11 is 0. The number of rotatable bonds is 4. The summed E-state index contributed by atoms with van der Waals surface area (Å²) in [5.74, 6) is 0. The zero-order chi connectivity index (χ0) is 10.9. The van der Waals surface area contributed by atoms with Crippen molar-refractivity contribution in [2.24, 2.45) is 5.41 Å². The molecule has 4 heteroatoms. The van der Waals surface area contributed by atoms with Crippen LogP contribution in [0, 0.1) is 15.5 Å². The molecule has 1 aromatic carbocycles. The molecule has 1 fully saturated rings. The average molecular weight is 206 g/mol. The van der Waals surface area contributed by atoms with E-state index in [1.807, 2.05) is 6.07 Å². The average Bonchev–Trinajstić information content (AvgIpc) is 2.95. The van der Waals surface area contributed by atoms with E-state index in [0.717, 1.165) is 12.2 Å². The van der Waals surface area contributed by atoms with Crippen molar-refractivity contribution in [2.45, 2.75) is 19.8 Å². The Balaban J connectivity index is 2.01. The number of benzene rings is 1. The van der Waals surface area contributed by atoms with Gasteiger partial charge in [-0.25, -0.2) is 0 Å². The molecule has 1 aliphatic rings. The Kier molecular flexibility index (Phi) is 2.34. The summed E-state index contributed by atoms with van der Waals surface area (Å²) in [6.07, 6.45) is 2.49. The Morgan fingerprint density at radius 2 is 2.27 bits per heavy atom. The van der Waals surface area contributed by atoms with Gasteiger partial charge in [0.05, 0.1) is 4.92 Å². The molecule has 0 saturated heterocycles. The van der Waals surface area contributed by atoms with Crippen molar-refractivity contribution in [1.29, 1.82) is 0 Å². The van der Waals surface area contributed by atoms with E-state index in [1.165, 1.54) is 18.9 Å². The molecule has 1 aliphatic carbocycles. The Hall–Kier alpha value is -1.58. The number of anilines is 1. The molecule has 1 saturated carbocycles. The fourth-order valence-electron chi connectivity index (χ4n) is 1.44. The minimum Gasteiger partial charge on any atom is -0.384 e. The van der Waals surface area contributed by atoms with Crippen molar-refractivity contribution in [3.63, 3.8) is 0 Å². The molecule has 0 heterocycles. The molecule has 0 spiro atoms. The zero-order valence-electron chi connectivity index (χ0n) is 8.69. The van der Waals surface area contributed by atoms with Crippen LogP contribution < -0.4 is 5.32 Å². The van der Waals surface area contributed by atoms with Gasteiger partial charge in [-0.1, -0.05) is 13.0 Å². The minimum atomic E-state index is -0.371. The first-order chi connectivity index (χ1) is 7.09. The normalized spacial score (nSPS) is 17.1. The molecule has 0 bridgehead atoms. The SMILES string of the molecule is CC1(CNc2cccc([N+](=O)[O-])c2)CC1. The Morgan fingerprint density at radius 1 is 1.53 bits per heavy atom. The molecular formula is C11H14N2O2. The van der Waals surface area contributed by atoms with Crippen LogP contribution in [0.4, 0.5) is 11.4 Å². The van der Waals surface area contributed by atoms with E-state index in [0.29, 0.717) is 5.41 Å². The highest BCUT2D eigenvalue weighted by molar-refractivity contribution is 5.51. The summed E-state index contributed by atoms with van der Waals surface area (Å²) in [6.45, 7) is 3.12. The number of non-ortho nitro benzene ring substituents is 1. The molecule has 0 atom stereocenters. The van der Waals surface area contributed by atoms with Crippen molar-refractivity contribution in [2.75, 3.05) is 11.9 Å². The molecule has 0 radical (unpaired) electrons. The van der Waals surface area contributed by atoms with E-state index in [4.69, 9.17) is 0 Å². The lowest BCUT2D eigenvalue weighted by atomic mass is 10.1. The Bertz CT molecular complexity index is 386. The minimum absolute atomic E-state index is 0.140. The highest BCUT2D eigenvalue weighted by Crippen LogP contribution is 2.44. The smallest absolute Gasteiger partial charge is 0.271 e. The molecule has 2 rings (SSSR count). The van der Waals surface area contributed by atoms with Gasteiger partial charge in [0.25, 0.3) is 5.69 Å². The van der Waals surface area contributed by atoms with Crippen LogP contribution in [-0.2, 0) is 0 Å². The standard InChI is InChI=1S/C11H14N2O2/c1-11(5-6-11)8-12-9-3-2-4-10(7-9)13(14)15/h2-4,7,12H,5-6,8H2,1H3. The first-order valence-corrected chi connectivity index (χ1v) is 5.07. The number of nitro benzene ring substituents is 1. The molecule has 1 aromatic rings. The highest BCUT2D eigenvalue weighted by atomic mass is 16.6. The van der Waals surface area contributed by atoms with E-state index in [2.05, 4.69) is 12.2 Å². The van der Waals surface area contributed by atoms with Crippen LogP contribution in [0.5, 0.6) is 0 Å². The summed E-state index contributed by atoms with van der Waals surface area (Å²) in [6, 6.07) is 6.64. The van der Waals surface area contributed by atoms with E-state index in [-0.39, 0.29) is 10.6 Å². The third-order valence-corrected chi connectivity index (χ3v) is 2.88. The van der Waals surface area contributed by atoms with Gasteiger partial charge in [-0.2, -0.15) is 0 Å². The van der Waals surface area contributed by atoms with Gasteiger partial charge in [0.15, 0.2) is 0 Å². The maximum absolute atomic E-state index is 10.5. The zero-order valence-corrected chi connectivity index (χ0v) is 8.69. The summed E-state index contributed by atoms with van der Waals surface area (Å²) in [5.41, 5.74) is 1.38. The van der Waals surface area contributed by atoms with E-state index >= 15 is 0 Å². The summed E-state index contributed by atoms with van der Waals surface area (Å²) in [4.78, 5) is 10.2. The predicted molar refractivity (Wildman–Crippen MR) is 58.9 cm³/mol. The second-order valence-electron chi connectivity index (χ2n) is 4.47. The first kappa shape index (κ1) is 9.96. The summed E-state index contributed by atoms with van der Waals surface area (Å²) in [7, 11) is 0. The molecular weight excluding hydrogens is 192 g/mol. The second kappa shape index (κ2) is 3.53. The number of nitrogens with zero attached hydrogens (tertiary/aromatic N) is 1. The summed E-state index contributed by atoms with van der Waals surface area (Å²) in [5, 5.41) is 13.8. The largest absolute Gasteiger partial charge is 0.384 e. The van der Waals surface area contributed by atoms with Crippen LogP contribution in [0.3, 0.4) is 0 Å². The maximum atomic E-state index is 10.5. The van der Waals surface area contributed by atoms with Gasteiger partial charge < -0.3 is 5.32 Å². The Morgan fingerprint density at radius 3 is 2.87 bits per heavy atom. The predicted octanol–water partition coefficient (Wildman–Crippen LogP) is 2.81. The van der Waals surface area contributed by atoms with Crippen molar-refractivity contribution < 1.29 is 4.92 Å². The molecule has 0 aromatic heterocycles. The topological polar surface area (TPSA) is 55.2 Å². The number of hydrogen-bond donors (Lipinski definition) is 1. The fraction of sp³-hybridized carbons (Fsp3) is 0.455. The lowest BCUT2D eigenvalue weighted by molar-refractivity contribution is -0.384. The van der Waals surface area contributed by atoms with Crippen LogP contribution >= 0.6 is 0 Å². The highest BCUT2D eigenvalue weighted by Gasteiger charge is 2.36. The molecule has 80 valence electrons. The van der Waals surface area contributed by atoms with Crippen LogP contribution in [-0.4, -0.2) is 11.5 Å². The van der Waals surface area contributed by atoms with Crippen LogP contribution in [0.1, 0.15) is 19.8 Å². The number of nitrogens with one attached hydrogen (secondary N) is 1. The van der Waals surface area contributed by atoms with Crippen LogP contribution in [0.25, 0.3) is 0 Å². The van der Waals surface area contributed by atoms with E-state index < -0.39 is 0 Å². The van der Waals surface area contributed by atoms with Gasteiger partial charge in [-0.3, -0.25) is 10.1 Å². The maximum Gasteiger partial charge on any atom is 0.271 e. The lowest BCUT2D eigenvalue weighted by Crippen LogP contribution is -2.11. The van der Waals surface area contributed by atoms with Crippen molar-refractivity contribution in [3.8, 4) is 0 Å². The monoisotopic (exact) mass is 206 g/mol. The van der Waals surface area contributed by atoms with Gasteiger partial charge in [0, 0.05) is 24.4 Å². The van der Waals surface area contributed by atoms with Gasteiger partial charge in [0.2, 0.25) is 0 Å². The van der Waals surface area contributed by atoms with Crippen molar-refractivity contribution in [3.05, 3.63) is 34.4 Å². The first-order valence-electron chi connectivity index (χ1n) is 5.07. The van der Waals surface area contributed by atoms with E-state index in [1.54, 1.807) is 12.1 Å². The van der Waals surface area contributed by atoms with Gasteiger partial charge >= 0.3 is 0 Å². The molecule has 1 N–H and O–H groups in total. The van der Waals surface area contributed by atoms with Crippen LogP contribution in [0.15, 0.2) is 24.3 Å². The molecule has 0 aliphatic heterocycles. The van der Waals surface area contributed by atoms with Gasteiger partial charge in [0.1, 0.15) is 0 Å². The second-order valence-corrected chi connectivity index (χ2v) is 4.47. The van der Waals surface area contributed by atoms with Gasteiger partial charge in [-0.05, 0) is 24.3 Å². The molecule has 4 nitrogen and oxygen atoms in total. The van der Waals surface area contributed by atoms with Crippen molar-refractivity contribution >= 4 is 11.4 Å². The lowest BCUT2D eigenvalue weighted by Gasteiger charge is -2.10. The number of hydrogen-bond acceptors (Lipinski definition) is 3. The quantitative estimate of drug-likeness (QED) is 0.608. The van der Waals surface area contributed by atoms with E-state index in [9.17, 15) is 10.1 Å². The third-order valence-electron chi connectivity index (χ3n) is 2.88. The Labute approximate surface area is 88.5 Å². The summed E-state index contributed by atoms with van der Waals surface area (Å²) < 4.78 is 0. The molecule has 0 unspecified atom stereocenters. The fourth-order valence-corrected chi connectivity index (χ4v) is 1.44. The van der Waals surface area contributed by atoms with Crippen LogP contribution in [0.2, 0.25) is 0 Å². The molecule has 0 amide bonds.